The molecule has 0 aliphatic carbocycles. The summed E-state index contributed by atoms with van der Waals surface area (Å²) in [5, 5.41) is 22.3. The standard InChI is InChI=1S/C13H17N3O5/c1-8-7-9(16(20)21)5-6-10(8)14-12(19)15(4)13(2,3)11(17)18/h5-7H,1-4H3,(H,14,19)(H,17,18). The number of hydrogen-bond donors (Lipinski definition) is 2. The van der Waals surface area contributed by atoms with Gasteiger partial charge in [0.25, 0.3) is 5.69 Å². The summed E-state index contributed by atoms with van der Waals surface area (Å²) in [6.45, 7) is 4.42. The van der Waals surface area contributed by atoms with Crippen LogP contribution in [0, 0.1) is 17.0 Å². The van der Waals surface area contributed by atoms with E-state index in [2.05, 4.69) is 5.32 Å². The Bertz CT molecular complexity index is 597. The SMILES string of the molecule is Cc1cc([N+](=O)[O-])ccc1NC(=O)N(C)C(C)(C)C(=O)O. The van der Waals surface area contributed by atoms with Gasteiger partial charge in [-0.3, -0.25) is 10.1 Å². The van der Waals surface area contributed by atoms with Gasteiger partial charge in [-0.2, -0.15) is 0 Å². The summed E-state index contributed by atoms with van der Waals surface area (Å²) in [7, 11) is 1.37. The molecule has 0 bridgehead atoms. The Morgan fingerprint density at radius 3 is 2.38 bits per heavy atom. The Balaban J connectivity index is 2.94. The molecular formula is C13H17N3O5. The molecule has 1 aromatic rings. The highest BCUT2D eigenvalue weighted by atomic mass is 16.6. The lowest BCUT2D eigenvalue weighted by atomic mass is 10.0. The fourth-order valence-electron chi connectivity index (χ4n) is 1.50. The van der Waals surface area contributed by atoms with Crippen LogP contribution in [0.15, 0.2) is 18.2 Å². The maximum atomic E-state index is 12.1. The number of nitrogens with one attached hydrogen (secondary N) is 1. The number of urea groups is 1. The lowest BCUT2D eigenvalue weighted by Gasteiger charge is -2.31. The van der Waals surface area contributed by atoms with Crippen LogP contribution in [0.25, 0.3) is 0 Å². The molecule has 0 saturated heterocycles. The van der Waals surface area contributed by atoms with Crippen molar-refractivity contribution in [2.45, 2.75) is 26.3 Å². The number of carbonyl (C=O) groups excluding carboxylic acids is 1. The molecule has 1 rings (SSSR count). The van der Waals surface area contributed by atoms with Gasteiger partial charge in [0.15, 0.2) is 0 Å². The van der Waals surface area contributed by atoms with Gasteiger partial charge in [-0.1, -0.05) is 0 Å². The summed E-state index contributed by atoms with van der Waals surface area (Å²) in [5.41, 5.74) is -0.555. The van der Waals surface area contributed by atoms with E-state index >= 15 is 0 Å². The molecule has 0 aromatic heterocycles. The highest BCUT2D eigenvalue weighted by Crippen LogP contribution is 2.22. The van der Waals surface area contributed by atoms with Crippen molar-refractivity contribution < 1.29 is 19.6 Å². The third-order valence-electron chi connectivity index (χ3n) is 3.33. The van der Waals surface area contributed by atoms with Gasteiger partial charge in [-0.05, 0) is 32.4 Å². The Morgan fingerprint density at radius 1 is 1.38 bits per heavy atom. The zero-order chi connectivity index (χ0) is 16.4. The second kappa shape index (κ2) is 5.78. The van der Waals surface area contributed by atoms with Gasteiger partial charge >= 0.3 is 12.0 Å². The summed E-state index contributed by atoms with van der Waals surface area (Å²) in [6, 6.07) is 3.40. The maximum absolute atomic E-state index is 12.1. The Hall–Kier alpha value is -2.64. The third-order valence-corrected chi connectivity index (χ3v) is 3.33. The number of carboxylic acids is 1. The van der Waals surface area contributed by atoms with E-state index in [1.165, 1.54) is 39.1 Å². The number of likely N-dealkylation sites (N-methyl/N-ethyl adjacent to an activating group) is 1. The average molecular weight is 295 g/mol. The molecule has 8 nitrogen and oxygen atoms in total. The van der Waals surface area contributed by atoms with Crippen LogP contribution >= 0.6 is 0 Å². The number of carbonyl (C=O) groups is 2. The minimum atomic E-state index is -1.38. The monoisotopic (exact) mass is 295 g/mol. The van der Waals surface area contributed by atoms with Crippen LogP contribution in [0.1, 0.15) is 19.4 Å². The van der Waals surface area contributed by atoms with Gasteiger partial charge in [-0.25, -0.2) is 9.59 Å². The van der Waals surface area contributed by atoms with Crippen molar-refractivity contribution in [1.82, 2.24) is 4.90 Å². The van der Waals surface area contributed by atoms with Gasteiger partial charge in [0.1, 0.15) is 5.54 Å². The molecule has 0 heterocycles. The van der Waals surface area contributed by atoms with Gasteiger partial charge in [0.05, 0.1) is 4.92 Å². The number of amides is 2. The molecule has 0 saturated carbocycles. The molecular weight excluding hydrogens is 278 g/mol. The topological polar surface area (TPSA) is 113 Å². The fraction of sp³-hybridized carbons (Fsp3) is 0.385. The first-order chi connectivity index (χ1) is 9.57. The number of anilines is 1. The number of benzene rings is 1. The minimum absolute atomic E-state index is 0.0790. The van der Waals surface area contributed by atoms with E-state index in [1.54, 1.807) is 6.92 Å². The largest absolute Gasteiger partial charge is 0.480 e. The van der Waals surface area contributed by atoms with Crippen LogP contribution in [-0.2, 0) is 4.79 Å². The van der Waals surface area contributed by atoms with E-state index in [9.17, 15) is 19.7 Å². The fourth-order valence-corrected chi connectivity index (χ4v) is 1.50. The summed E-state index contributed by atoms with van der Waals surface area (Å²) in [6.07, 6.45) is 0. The van der Waals surface area contributed by atoms with Crippen LogP contribution in [0.4, 0.5) is 16.2 Å². The average Bonchev–Trinajstić information content (AvgIpc) is 2.39. The maximum Gasteiger partial charge on any atom is 0.329 e. The van der Waals surface area contributed by atoms with Crippen molar-refractivity contribution in [3.63, 3.8) is 0 Å². The lowest BCUT2D eigenvalue weighted by molar-refractivity contribution is -0.384. The lowest BCUT2D eigenvalue weighted by Crippen LogP contribution is -2.52. The molecule has 0 fully saturated rings. The van der Waals surface area contributed by atoms with Crippen LogP contribution in [0.5, 0.6) is 0 Å². The van der Waals surface area contributed by atoms with Crippen molar-refractivity contribution >= 4 is 23.4 Å². The van der Waals surface area contributed by atoms with Crippen LogP contribution < -0.4 is 5.32 Å². The summed E-state index contributed by atoms with van der Waals surface area (Å²) < 4.78 is 0. The molecule has 0 radical (unpaired) electrons. The number of hydrogen-bond acceptors (Lipinski definition) is 4. The predicted octanol–water partition coefficient (Wildman–Crippen LogP) is 2.23. The number of aliphatic carboxylic acids is 1. The summed E-state index contributed by atoms with van der Waals surface area (Å²) in [4.78, 5) is 34.3. The quantitative estimate of drug-likeness (QED) is 0.653. The van der Waals surface area contributed by atoms with Crippen LogP contribution in [0.2, 0.25) is 0 Å². The van der Waals surface area contributed by atoms with E-state index in [1.807, 2.05) is 0 Å². The normalized spacial score (nSPS) is 10.9. The predicted molar refractivity (Wildman–Crippen MR) is 76.3 cm³/mol. The molecule has 0 aliphatic heterocycles. The molecule has 0 atom stereocenters. The second-order valence-corrected chi connectivity index (χ2v) is 5.11. The van der Waals surface area contributed by atoms with Crippen molar-refractivity contribution in [2.75, 3.05) is 12.4 Å². The first kappa shape index (κ1) is 16.4. The van der Waals surface area contributed by atoms with Gasteiger partial charge in [0.2, 0.25) is 0 Å². The highest BCUT2D eigenvalue weighted by molar-refractivity contribution is 5.94. The van der Waals surface area contributed by atoms with E-state index < -0.39 is 22.5 Å². The Kier molecular flexibility index (Phi) is 4.52. The summed E-state index contributed by atoms with van der Waals surface area (Å²) in [5.74, 6) is -1.14. The molecule has 0 aliphatic rings. The zero-order valence-electron chi connectivity index (χ0n) is 12.2. The van der Waals surface area contributed by atoms with Gasteiger partial charge in [0, 0.05) is 24.9 Å². The van der Waals surface area contributed by atoms with Gasteiger partial charge < -0.3 is 15.3 Å². The number of carboxylic acid groups (broad SMARTS) is 1. The van der Waals surface area contributed by atoms with Crippen LogP contribution in [-0.4, -0.2) is 39.5 Å². The molecule has 0 unspecified atom stereocenters. The number of nitrogens with zero attached hydrogens (tertiary/aromatic N) is 2. The number of non-ortho nitro benzene ring substituents is 1. The Morgan fingerprint density at radius 2 is 1.95 bits per heavy atom. The van der Waals surface area contributed by atoms with Crippen molar-refractivity contribution in [3.8, 4) is 0 Å². The summed E-state index contributed by atoms with van der Waals surface area (Å²) >= 11 is 0. The van der Waals surface area contributed by atoms with Crippen molar-refractivity contribution in [1.29, 1.82) is 0 Å². The Labute approximate surface area is 121 Å². The van der Waals surface area contributed by atoms with Gasteiger partial charge in [-0.15, -0.1) is 0 Å². The van der Waals surface area contributed by atoms with E-state index in [0.29, 0.717) is 11.3 Å². The molecule has 8 heteroatoms. The molecule has 2 amide bonds. The minimum Gasteiger partial charge on any atom is -0.480 e. The van der Waals surface area contributed by atoms with Crippen LogP contribution in [0.3, 0.4) is 0 Å². The van der Waals surface area contributed by atoms with Crippen molar-refractivity contribution in [2.24, 2.45) is 0 Å². The number of aryl methyl sites for hydroxylation is 1. The smallest absolute Gasteiger partial charge is 0.329 e. The van der Waals surface area contributed by atoms with E-state index in [0.717, 1.165) is 4.90 Å². The molecule has 21 heavy (non-hydrogen) atoms. The highest BCUT2D eigenvalue weighted by Gasteiger charge is 2.35. The second-order valence-electron chi connectivity index (χ2n) is 5.11. The first-order valence-corrected chi connectivity index (χ1v) is 6.10. The number of nitro groups is 1. The van der Waals surface area contributed by atoms with E-state index in [4.69, 9.17) is 5.11 Å². The number of rotatable bonds is 4. The van der Waals surface area contributed by atoms with E-state index in [-0.39, 0.29) is 5.69 Å². The molecule has 114 valence electrons. The van der Waals surface area contributed by atoms with Crippen molar-refractivity contribution in [3.05, 3.63) is 33.9 Å². The third kappa shape index (κ3) is 3.47. The first-order valence-electron chi connectivity index (χ1n) is 6.10. The molecule has 2 N–H and O–H groups in total. The zero-order valence-corrected chi connectivity index (χ0v) is 12.2. The number of nitro benzene ring substituents is 1. The molecule has 1 aromatic carbocycles. The molecule has 0 spiro atoms.